The van der Waals surface area contributed by atoms with Crippen molar-refractivity contribution in [3.8, 4) is 0 Å². The molecule has 1 saturated carbocycles. The summed E-state index contributed by atoms with van der Waals surface area (Å²) in [5, 5.41) is 3.87. The number of piperidine rings is 1. The van der Waals surface area contributed by atoms with Crippen LogP contribution in [0, 0.1) is 13.8 Å². The Balaban J connectivity index is 1.35. The number of nitrogens with one attached hydrogen (secondary N) is 2. The summed E-state index contributed by atoms with van der Waals surface area (Å²) >= 11 is 6.08. The van der Waals surface area contributed by atoms with Crippen molar-refractivity contribution in [3.05, 3.63) is 68.1 Å². The Morgan fingerprint density at radius 3 is 2.43 bits per heavy atom. The van der Waals surface area contributed by atoms with E-state index in [9.17, 15) is 9.59 Å². The number of benzene rings is 1. The quantitative estimate of drug-likeness (QED) is 0.759. The summed E-state index contributed by atoms with van der Waals surface area (Å²) < 4.78 is 0. The van der Waals surface area contributed by atoms with Gasteiger partial charge < -0.3 is 15.2 Å². The first-order chi connectivity index (χ1) is 14.4. The zero-order valence-electron chi connectivity index (χ0n) is 17.8. The molecule has 0 radical (unpaired) electrons. The molecule has 2 heterocycles. The molecular formula is C24H30ClN3O2. The van der Waals surface area contributed by atoms with Crippen LogP contribution in [0.15, 0.2) is 35.1 Å². The third-order valence-electron chi connectivity index (χ3n) is 6.81. The number of aromatic amines is 1. The third-order valence-corrected chi connectivity index (χ3v) is 7.06. The van der Waals surface area contributed by atoms with Crippen molar-refractivity contribution >= 4 is 17.5 Å². The van der Waals surface area contributed by atoms with E-state index >= 15 is 0 Å². The molecule has 2 aromatic rings. The van der Waals surface area contributed by atoms with Crippen LogP contribution in [-0.4, -0.2) is 41.5 Å². The molecule has 6 heteroatoms. The van der Waals surface area contributed by atoms with Crippen molar-refractivity contribution in [2.24, 2.45) is 0 Å². The van der Waals surface area contributed by atoms with Gasteiger partial charge in [0.1, 0.15) is 5.56 Å². The van der Waals surface area contributed by atoms with E-state index in [1.807, 2.05) is 32.0 Å². The number of aryl methyl sites for hydroxylation is 2. The maximum absolute atomic E-state index is 12.7. The normalized spacial score (nSPS) is 19.3. The second kappa shape index (κ2) is 8.56. The topological polar surface area (TPSA) is 65.2 Å². The lowest BCUT2D eigenvalue weighted by Crippen LogP contribution is -2.51. The van der Waals surface area contributed by atoms with E-state index in [1.165, 1.54) is 24.8 Å². The first-order valence-corrected chi connectivity index (χ1v) is 11.2. The number of amides is 1. The molecular weight excluding hydrogens is 398 g/mol. The van der Waals surface area contributed by atoms with Gasteiger partial charge in [0.15, 0.2) is 0 Å². The number of carbonyl (C=O) groups excluding carboxylic acids is 1. The first kappa shape index (κ1) is 21.1. The monoisotopic (exact) mass is 427 g/mol. The average Bonchev–Trinajstić information content (AvgIpc) is 2.66. The molecule has 0 spiro atoms. The summed E-state index contributed by atoms with van der Waals surface area (Å²) in [6, 6.07) is 10.3. The fourth-order valence-electron chi connectivity index (χ4n) is 5.00. The molecule has 1 aliphatic carbocycles. The zero-order valence-corrected chi connectivity index (χ0v) is 18.5. The van der Waals surface area contributed by atoms with E-state index in [-0.39, 0.29) is 28.5 Å². The summed E-state index contributed by atoms with van der Waals surface area (Å²) in [6.45, 7) is 6.62. The van der Waals surface area contributed by atoms with Gasteiger partial charge in [0.25, 0.3) is 11.5 Å². The Hall–Kier alpha value is -2.11. The van der Waals surface area contributed by atoms with Gasteiger partial charge in [-0.05, 0) is 68.9 Å². The molecule has 2 aliphatic rings. The van der Waals surface area contributed by atoms with Crippen molar-refractivity contribution in [1.29, 1.82) is 0 Å². The van der Waals surface area contributed by atoms with Gasteiger partial charge >= 0.3 is 0 Å². The van der Waals surface area contributed by atoms with Gasteiger partial charge in [-0.1, -0.05) is 30.2 Å². The predicted molar refractivity (Wildman–Crippen MR) is 120 cm³/mol. The van der Waals surface area contributed by atoms with Crippen molar-refractivity contribution < 1.29 is 4.79 Å². The second-order valence-corrected chi connectivity index (χ2v) is 9.44. The first-order valence-electron chi connectivity index (χ1n) is 10.9. The van der Waals surface area contributed by atoms with Gasteiger partial charge in [0.05, 0.1) is 0 Å². The number of hydrogen-bond donors (Lipinski definition) is 2. The number of H-pyrrole nitrogens is 1. The number of carbonyl (C=O) groups is 1. The van der Waals surface area contributed by atoms with Crippen molar-refractivity contribution in [3.63, 3.8) is 0 Å². The molecule has 0 atom stereocenters. The minimum absolute atomic E-state index is 0.113. The molecule has 1 aliphatic heterocycles. The van der Waals surface area contributed by atoms with Gasteiger partial charge in [-0.3, -0.25) is 9.59 Å². The van der Waals surface area contributed by atoms with Gasteiger partial charge in [-0.15, -0.1) is 0 Å². The van der Waals surface area contributed by atoms with Gasteiger partial charge in [-0.2, -0.15) is 0 Å². The number of pyridine rings is 1. The Labute approximate surface area is 182 Å². The van der Waals surface area contributed by atoms with Crippen LogP contribution < -0.4 is 10.9 Å². The molecule has 1 amide bonds. The maximum atomic E-state index is 12.7. The van der Waals surface area contributed by atoms with Crippen LogP contribution in [0.5, 0.6) is 0 Å². The lowest BCUT2D eigenvalue weighted by atomic mass is 9.64. The van der Waals surface area contributed by atoms with E-state index < -0.39 is 0 Å². The summed E-state index contributed by atoms with van der Waals surface area (Å²) in [4.78, 5) is 30.2. The average molecular weight is 428 g/mol. The van der Waals surface area contributed by atoms with E-state index in [0.717, 1.165) is 48.8 Å². The van der Waals surface area contributed by atoms with Crippen molar-refractivity contribution in [2.45, 2.75) is 57.4 Å². The van der Waals surface area contributed by atoms with E-state index in [2.05, 4.69) is 27.3 Å². The van der Waals surface area contributed by atoms with Crippen LogP contribution >= 0.6 is 11.6 Å². The molecule has 1 aromatic heterocycles. The minimum atomic E-state index is -0.308. The Bertz CT molecular complexity index is 971. The summed E-state index contributed by atoms with van der Waals surface area (Å²) in [5.41, 5.74) is 3.06. The lowest BCUT2D eigenvalue weighted by Gasteiger charge is -2.47. The number of aromatic nitrogens is 1. The summed E-state index contributed by atoms with van der Waals surface area (Å²) in [5.74, 6) is -0.260. The smallest absolute Gasteiger partial charge is 0.261 e. The van der Waals surface area contributed by atoms with E-state index in [4.69, 9.17) is 11.6 Å². The van der Waals surface area contributed by atoms with Gasteiger partial charge in [0.2, 0.25) is 0 Å². The molecule has 5 nitrogen and oxygen atoms in total. The number of hydrogen-bond acceptors (Lipinski definition) is 3. The predicted octanol–water partition coefficient (Wildman–Crippen LogP) is 3.96. The molecule has 1 saturated heterocycles. The van der Waals surface area contributed by atoms with E-state index in [1.54, 1.807) is 0 Å². The standard InChI is InChI=1S/C24H30ClN3O2/c1-16-14-17(2)26-22(29)21(16)23(30)27-20-8-12-28(13-9-20)15-24(10-3-11-24)18-4-6-19(25)7-5-18/h4-7,14,20H,3,8-13,15H2,1-2H3,(H,26,29)(H,27,30). The molecule has 160 valence electrons. The Kier molecular flexibility index (Phi) is 6.03. The van der Waals surface area contributed by atoms with Crippen LogP contribution in [0.4, 0.5) is 0 Å². The van der Waals surface area contributed by atoms with Crippen LogP contribution in [0.3, 0.4) is 0 Å². The van der Waals surface area contributed by atoms with Crippen LogP contribution in [0.1, 0.15) is 59.3 Å². The SMILES string of the molecule is Cc1cc(C)c(C(=O)NC2CCN(CC3(c4ccc(Cl)cc4)CCC3)CC2)c(=O)[nH]1. The van der Waals surface area contributed by atoms with E-state index in [0.29, 0.717) is 0 Å². The fourth-order valence-corrected chi connectivity index (χ4v) is 5.13. The highest BCUT2D eigenvalue weighted by atomic mass is 35.5. The van der Waals surface area contributed by atoms with Crippen molar-refractivity contribution in [1.82, 2.24) is 15.2 Å². The Morgan fingerprint density at radius 2 is 1.87 bits per heavy atom. The number of halogens is 1. The molecule has 2 N–H and O–H groups in total. The number of nitrogens with zero attached hydrogens (tertiary/aromatic N) is 1. The van der Waals surface area contributed by atoms with Crippen LogP contribution in [0.2, 0.25) is 5.02 Å². The Morgan fingerprint density at radius 1 is 1.20 bits per heavy atom. The minimum Gasteiger partial charge on any atom is -0.349 e. The second-order valence-electron chi connectivity index (χ2n) is 9.00. The molecule has 0 bridgehead atoms. The van der Waals surface area contributed by atoms with Gasteiger partial charge in [0, 0.05) is 41.8 Å². The molecule has 2 fully saturated rings. The highest BCUT2D eigenvalue weighted by molar-refractivity contribution is 6.30. The molecule has 4 rings (SSSR count). The third kappa shape index (κ3) is 4.33. The number of likely N-dealkylation sites (tertiary alicyclic amines) is 1. The number of rotatable bonds is 5. The lowest BCUT2D eigenvalue weighted by molar-refractivity contribution is 0.0868. The summed E-state index contributed by atoms with van der Waals surface area (Å²) in [6.07, 6.45) is 5.54. The largest absolute Gasteiger partial charge is 0.349 e. The van der Waals surface area contributed by atoms with Crippen molar-refractivity contribution in [2.75, 3.05) is 19.6 Å². The summed E-state index contributed by atoms with van der Waals surface area (Å²) in [7, 11) is 0. The fraction of sp³-hybridized carbons (Fsp3) is 0.500. The maximum Gasteiger partial charge on any atom is 0.261 e. The highest BCUT2D eigenvalue weighted by Crippen LogP contribution is 2.44. The molecule has 0 unspecified atom stereocenters. The highest BCUT2D eigenvalue weighted by Gasteiger charge is 2.40. The van der Waals surface area contributed by atoms with Crippen LogP contribution in [-0.2, 0) is 5.41 Å². The molecule has 30 heavy (non-hydrogen) atoms. The van der Waals surface area contributed by atoms with Gasteiger partial charge in [-0.25, -0.2) is 0 Å². The van der Waals surface area contributed by atoms with Crippen LogP contribution in [0.25, 0.3) is 0 Å². The zero-order chi connectivity index (χ0) is 21.3. The molecule has 1 aromatic carbocycles.